The average Bonchev–Trinajstić information content (AvgIpc) is 2.81. The van der Waals surface area contributed by atoms with Crippen molar-refractivity contribution in [1.82, 2.24) is 0 Å². The minimum atomic E-state index is -0.567. The summed E-state index contributed by atoms with van der Waals surface area (Å²) in [6, 6.07) is 1.50. The lowest BCUT2D eigenvalue weighted by Crippen LogP contribution is -2.02. The highest BCUT2D eigenvalue weighted by Crippen LogP contribution is 2.36. The van der Waals surface area contributed by atoms with Gasteiger partial charge in [0.1, 0.15) is 5.58 Å². The molecule has 0 aliphatic heterocycles. The van der Waals surface area contributed by atoms with E-state index in [1.54, 1.807) is 27.7 Å². The van der Waals surface area contributed by atoms with Crippen molar-refractivity contribution in [2.24, 2.45) is 0 Å². The molecule has 0 spiro atoms. The van der Waals surface area contributed by atoms with Gasteiger partial charge in [-0.3, -0.25) is 10.1 Å². The molecule has 20 heavy (non-hydrogen) atoms. The van der Waals surface area contributed by atoms with Crippen molar-refractivity contribution in [1.29, 1.82) is 0 Å². The summed E-state index contributed by atoms with van der Waals surface area (Å²) >= 11 is 0. The van der Waals surface area contributed by atoms with E-state index in [0.717, 1.165) is 0 Å². The van der Waals surface area contributed by atoms with Crippen LogP contribution in [0.15, 0.2) is 10.5 Å². The number of carbonyl (C=O) groups is 1. The van der Waals surface area contributed by atoms with E-state index in [2.05, 4.69) is 0 Å². The second kappa shape index (κ2) is 4.96. The number of nitro groups is 1. The van der Waals surface area contributed by atoms with Crippen LogP contribution >= 0.6 is 0 Å². The lowest BCUT2D eigenvalue weighted by atomic mass is 9.99. The van der Waals surface area contributed by atoms with E-state index < -0.39 is 10.9 Å². The summed E-state index contributed by atoms with van der Waals surface area (Å²) in [4.78, 5) is 22.4. The predicted molar refractivity (Wildman–Crippen MR) is 73.0 cm³/mol. The van der Waals surface area contributed by atoms with Gasteiger partial charge in [0.15, 0.2) is 0 Å². The van der Waals surface area contributed by atoms with E-state index in [-0.39, 0.29) is 18.1 Å². The Morgan fingerprint density at radius 2 is 1.95 bits per heavy atom. The normalized spacial score (nSPS) is 10.8. The summed E-state index contributed by atoms with van der Waals surface area (Å²) in [5.74, 6) is -0.504. The molecule has 0 aliphatic carbocycles. The molecule has 0 aliphatic rings. The molecule has 0 amide bonds. The Balaban J connectivity index is 2.75. The van der Waals surface area contributed by atoms with Gasteiger partial charge in [-0.05, 0) is 33.8 Å². The van der Waals surface area contributed by atoms with Crippen LogP contribution in [0.4, 0.5) is 5.69 Å². The van der Waals surface area contributed by atoms with E-state index in [0.29, 0.717) is 27.7 Å². The minimum Gasteiger partial charge on any atom is -0.460 e. The van der Waals surface area contributed by atoms with Gasteiger partial charge in [0.25, 0.3) is 5.69 Å². The fraction of sp³-hybridized carbons (Fsp3) is 0.357. The molecule has 6 nitrogen and oxygen atoms in total. The number of hydrogen-bond acceptors (Lipinski definition) is 5. The number of benzene rings is 1. The number of carbonyl (C=O) groups excluding carboxylic acids is 1. The van der Waals surface area contributed by atoms with Crippen molar-refractivity contribution in [3.05, 3.63) is 38.6 Å². The minimum absolute atomic E-state index is 0.0613. The number of furan rings is 1. The number of ether oxygens (including phenoxy) is 1. The van der Waals surface area contributed by atoms with Crippen LogP contribution in [0.5, 0.6) is 0 Å². The van der Waals surface area contributed by atoms with Gasteiger partial charge in [-0.1, -0.05) is 0 Å². The predicted octanol–water partition coefficient (Wildman–Crippen LogP) is 3.44. The van der Waals surface area contributed by atoms with E-state index >= 15 is 0 Å². The Morgan fingerprint density at radius 1 is 1.30 bits per heavy atom. The Morgan fingerprint density at radius 3 is 2.50 bits per heavy atom. The van der Waals surface area contributed by atoms with Crippen LogP contribution < -0.4 is 0 Å². The summed E-state index contributed by atoms with van der Waals surface area (Å²) in [5.41, 5.74) is 2.25. The van der Waals surface area contributed by atoms with Crippen LogP contribution in [-0.4, -0.2) is 17.5 Å². The molecule has 1 heterocycles. The van der Waals surface area contributed by atoms with Gasteiger partial charge >= 0.3 is 5.97 Å². The smallest absolute Gasteiger partial charge is 0.374 e. The summed E-state index contributed by atoms with van der Waals surface area (Å²) < 4.78 is 10.4. The van der Waals surface area contributed by atoms with Crippen LogP contribution in [0, 0.1) is 30.9 Å². The molecule has 2 rings (SSSR count). The van der Waals surface area contributed by atoms with Crippen LogP contribution in [0.1, 0.15) is 34.2 Å². The highest BCUT2D eigenvalue weighted by atomic mass is 16.6. The number of nitro benzene ring substituents is 1. The summed E-state index contributed by atoms with van der Waals surface area (Å²) in [6.07, 6.45) is 0. The first-order valence-corrected chi connectivity index (χ1v) is 6.23. The topological polar surface area (TPSA) is 82.6 Å². The number of nitrogens with zero attached hydrogens (tertiary/aromatic N) is 1. The molecule has 1 aromatic heterocycles. The Bertz CT molecular complexity index is 714. The third-order valence-corrected chi connectivity index (χ3v) is 3.41. The molecular weight excluding hydrogens is 262 g/mol. The first kappa shape index (κ1) is 14.0. The highest BCUT2D eigenvalue weighted by Gasteiger charge is 2.25. The van der Waals surface area contributed by atoms with Gasteiger partial charge in [-0.2, -0.15) is 0 Å². The first-order valence-electron chi connectivity index (χ1n) is 6.23. The number of hydrogen-bond donors (Lipinski definition) is 0. The van der Waals surface area contributed by atoms with Gasteiger partial charge in [0.2, 0.25) is 5.76 Å². The van der Waals surface area contributed by atoms with Crippen LogP contribution in [0.2, 0.25) is 0 Å². The zero-order chi connectivity index (χ0) is 15.0. The zero-order valence-electron chi connectivity index (χ0n) is 11.8. The molecule has 0 bridgehead atoms. The van der Waals surface area contributed by atoms with Crippen molar-refractivity contribution in [3.8, 4) is 0 Å². The molecule has 2 aromatic rings. The van der Waals surface area contributed by atoms with Crippen molar-refractivity contribution in [3.63, 3.8) is 0 Å². The lowest BCUT2D eigenvalue weighted by Gasteiger charge is -2.06. The summed E-state index contributed by atoms with van der Waals surface area (Å²) in [5, 5.41) is 11.7. The summed E-state index contributed by atoms with van der Waals surface area (Å²) in [6.45, 7) is 7.01. The monoisotopic (exact) mass is 277 g/mol. The van der Waals surface area contributed by atoms with Gasteiger partial charge < -0.3 is 9.15 Å². The van der Waals surface area contributed by atoms with E-state index in [1.165, 1.54) is 6.07 Å². The van der Waals surface area contributed by atoms with E-state index in [9.17, 15) is 14.9 Å². The molecule has 0 saturated heterocycles. The highest BCUT2D eigenvalue weighted by molar-refractivity contribution is 5.96. The molecule has 0 radical (unpaired) electrons. The van der Waals surface area contributed by atoms with Crippen molar-refractivity contribution in [2.45, 2.75) is 27.7 Å². The molecular formula is C14H15NO5. The molecule has 0 unspecified atom stereocenters. The van der Waals surface area contributed by atoms with Crippen LogP contribution in [0.3, 0.4) is 0 Å². The zero-order valence-corrected chi connectivity index (χ0v) is 11.8. The maximum absolute atomic E-state index is 11.7. The molecule has 0 atom stereocenters. The van der Waals surface area contributed by atoms with Crippen molar-refractivity contribution < 1.29 is 18.9 Å². The van der Waals surface area contributed by atoms with Gasteiger partial charge in [0.05, 0.1) is 11.5 Å². The van der Waals surface area contributed by atoms with Gasteiger partial charge in [0, 0.05) is 22.1 Å². The third-order valence-electron chi connectivity index (χ3n) is 3.41. The number of rotatable bonds is 3. The summed E-state index contributed by atoms with van der Waals surface area (Å²) in [7, 11) is 0. The fourth-order valence-electron chi connectivity index (χ4n) is 2.28. The quantitative estimate of drug-likeness (QED) is 0.487. The van der Waals surface area contributed by atoms with Crippen molar-refractivity contribution in [2.75, 3.05) is 6.61 Å². The van der Waals surface area contributed by atoms with Crippen LogP contribution in [0.25, 0.3) is 11.0 Å². The van der Waals surface area contributed by atoms with E-state index in [1.807, 2.05) is 0 Å². The van der Waals surface area contributed by atoms with Crippen molar-refractivity contribution >= 4 is 22.6 Å². The number of esters is 1. The van der Waals surface area contributed by atoms with Crippen LogP contribution in [-0.2, 0) is 4.74 Å². The fourth-order valence-corrected chi connectivity index (χ4v) is 2.28. The molecule has 106 valence electrons. The maximum Gasteiger partial charge on any atom is 0.374 e. The lowest BCUT2D eigenvalue weighted by molar-refractivity contribution is -0.385. The second-order valence-corrected chi connectivity index (χ2v) is 4.55. The molecule has 1 aromatic carbocycles. The number of fused-ring (bicyclic) bond motifs is 1. The first-order chi connectivity index (χ1) is 9.38. The average molecular weight is 277 g/mol. The SMILES string of the molecule is CCOC(=O)c1cc2c(C)c([N+](=O)[O-])c(C)c(C)c2o1. The Kier molecular flexibility index (Phi) is 3.48. The number of aryl methyl sites for hydroxylation is 2. The largest absolute Gasteiger partial charge is 0.460 e. The molecule has 0 saturated carbocycles. The maximum atomic E-state index is 11.7. The Labute approximate surface area is 115 Å². The molecule has 0 fully saturated rings. The van der Waals surface area contributed by atoms with Gasteiger partial charge in [-0.15, -0.1) is 0 Å². The Hall–Kier alpha value is -2.37. The third kappa shape index (κ3) is 2.03. The van der Waals surface area contributed by atoms with Gasteiger partial charge in [-0.25, -0.2) is 4.79 Å². The van der Waals surface area contributed by atoms with E-state index in [4.69, 9.17) is 9.15 Å². The molecule has 0 N–H and O–H groups in total. The second-order valence-electron chi connectivity index (χ2n) is 4.55. The standard InChI is InChI=1S/C14H15NO5/c1-5-19-14(16)11-6-10-9(4)12(15(17)18)7(2)8(3)13(10)20-11/h6H,5H2,1-4H3. The molecule has 6 heteroatoms.